The molecule has 2 heterocycles. The van der Waals surface area contributed by atoms with Gasteiger partial charge in [0.05, 0.1) is 29.9 Å². The Morgan fingerprint density at radius 3 is 2.63 bits per heavy atom. The second-order valence-electron chi connectivity index (χ2n) is 7.43. The van der Waals surface area contributed by atoms with E-state index >= 15 is 0 Å². The molecule has 2 aromatic carbocycles. The predicted octanol–water partition coefficient (Wildman–Crippen LogP) is 2.99. The second kappa shape index (κ2) is 9.15. The zero-order valence-electron chi connectivity index (χ0n) is 16.6. The average Bonchev–Trinajstić information content (AvgIpc) is 3.24. The first-order valence-corrected chi connectivity index (χ1v) is 10.1. The normalized spacial score (nSPS) is 19.5. The molecule has 0 bridgehead atoms. The van der Waals surface area contributed by atoms with Crippen LogP contribution in [0, 0.1) is 10.1 Å². The van der Waals surface area contributed by atoms with Gasteiger partial charge in [-0.05, 0) is 11.1 Å². The number of amides is 1. The summed E-state index contributed by atoms with van der Waals surface area (Å²) in [4.78, 5) is 26.1. The lowest BCUT2D eigenvalue weighted by atomic mass is 9.98. The Hall–Kier alpha value is -3.10. The number of rotatable bonds is 6. The molecule has 0 N–H and O–H groups in total. The van der Waals surface area contributed by atoms with Crippen molar-refractivity contribution in [1.82, 2.24) is 9.91 Å². The number of hydrogen-bond acceptors (Lipinski definition) is 6. The van der Waals surface area contributed by atoms with E-state index in [-0.39, 0.29) is 17.6 Å². The molecular weight excluding hydrogens is 384 g/mol. The van der Waals surface area contributed by atoms with Crippen LogP contribution in [-0.4, -0.2) is 59.3 Å². The number of non-ortho nitro benzene ring substituents is 1. The number of hydrogen-bond donors (Lipinski definition) is 0. The van der Waals surface area contributed by atoms with Gasteiger partial charge in [0.15, 0.2) is 0 Å². The lowest BCUT2D eigenvalue weighted by Gasteiger charge is -2.27. The molecule has 2 aromatic rings. The highest BCUT2D eigenvalue weighted by molar-refractivity contribution is 6.03. The van der Waals surface area contributed by atoms with Gasteiger partial charge in [-0.25, -0.2) is 5.01 Å². The van der Waals surface area contributed by atoms with Crippen molar-refractivity contribution in [2.45, 2.75) is 18.9 Å². The molecule has 0 radical (unpaired) electrons. The zero-order valence-corrected chi connectivity index (χ0v) is 16.6. The van der Waals surface area contributed by atoms with Crippen molar-refractivity contribution in [3.63, 3.8) is 0 Å². The van der Waals surface area contributed by atoms with Gasteiger partial charge < -0.3 is 4.74 Å². The lowest BCUT2D eigenvalue weighted by Crippen LogP contribution is -2.39. The Labute approximate surface area is 174 Å². The summed E-state index contributed by atoms with van der Waals surface area (Å²) in [5, 5.41) is 17.4. The molecule has 1 atom stereocenters. The molecule has 1 amide bonds. The van der Waals surface area contributed by atoms with Crippen LogP contribution in [0.1, 0.15) is 30.0 Å². The van der Waals surface area contributed by atoms with Gasteiger partial charge in [-0.2, -0.15) is 5.10 Å². The number of ether oxygens (including phenoxy) is 1. The number of nitro benzene ring substituents is 1. The molecule has 0 aliphatic carbocycles. The van der Waals surface area contributed by atoms with Crippen LogP contribution < -0.4 is 0 Å². The minimum absolute atomic E-state index is 0.0152. The van der Waals surface area contributed by atoms with E-state index in [9.17, 15) is 14.9 Å². The van der Waals surface area contributed by atoms with Crippen LogP contribution in [0.5, 0.6) is 0 Å². The van der Waals surface area contributed by atoms with E-state index in [1.54, 1.807) is 6.07 Å². The number of benzene rings is 2. The van der Waals surface area contributed by atoms with Gasteiger partial charge in [-0.1, -0.05) is 42.5 Å². The molecule has 2 aliphatic rings. The van der Waals surface area contributed by atoms with Crippen LogP contribution in [0.25, 0.3) is 0 Å². The third-order valence-electron chi connectivity index (χ3n) is 5.48. The van der Waals surface area contributed by atoms with E-state index in [2.05, 4.69) is 10.0 Å². The summed E-state index contributed by atoms with van der Waals surface area (Å²) in [6.07, 6.45) is 0.867. The molecule has 0 saturated carbocycles. The molecule has 30 heavy (non-hydrogen) atoms. The third kappa shape index (κ3) is 4.55. The largest absolute Gasteiger partial charge is 0.379 e. The van der Waals surface area contributed by atoms with E-state index in [0.29, 0.717) is 32.6 Å². The molecule has 0 unspecified atom stereocenters. The summed E-state index contributed by atoms with van der Waals surface area (Å²) >= 11 is 0. The predicted molar refractivity (Wildman–Crippen MR) is 112 cm³/mol. The molecule has 4 rings (SSSR count). The lowest BCUT2D eigenvalue weighted by molar-refractivity contribution is -0.384. The number of nitro groups is 1. The Morgan fingerprint density at radius 1 is 1.13 bits per heavy atom. The summed E-state index contributed by atoms with van der Waals surface area (Å²) in [5.41, 5.74) is 2.50. The number of morpholine rings is 1. The van der Waals surface area contributed by atoms with Gasteiger partial charge in [-0.3, -0.25) is 19.8 Å². The fourth-order valence-electron chi connectivity index (χ4n) is 3.84. The van der Waals surface area contributed by atoms with E-state index in [4.69, 9.17) is 4.74 Å². The molecule has 1 fully saturated rings. The maximum atomic E-state index is 13.1. The first-order chi connectivity index (χ1) is 14.6. The number of hydrazone groups is 1. The van der Waals surface area contributed by atoms with Crippen molar-refractivity contribution in [3.8, 4) is 0 Å². The van der Waals surface area contributed by atoms with Crippen molar-refractivity contribution in [1.29, 1.82) is 0 Å². The van der Waals surface area contributed by atoms with Gasteiger partial charge in [-0.15, -0.1) is 0 Å². The monoisotopic (exact) mass is 408 g/mol. The van der Waals surface area contributed by atoms with Gasteiger partial charge in [0, 0.05) is 44.6 Å². The zero-order chi connectivity index (χ0) is 20.9. The topological polar surface area (TPSA) is 88.3 Å². The Bertz CT molecular complexity index is 941. The Kier molecular flexibility index (Phi) is 6.15. The summed E-state index contributed by atoms with van der Waals surface area (Å²) in [7, 11) is 0. The first-order valence-electron chi connectivity index (χ1n) is 10.1. The van der Waals surface area contributed by atoms with Gasteiger partial charge in [0.2, 0.25) is 5.91 Å². The standard InChI is InChI=1S/C22H24N4O4/c27-22(9-10-24-11-13-30-14-12-24)25-21(18-7-4-8-19(15-18)26(28)29)16-20(23-25)17-5-2-1-3-6-17/h1-8,15,21H,9-14,16H2/t21-/m1/s1. The minimum Gasteiger partial charge on any atom is -0.379 e. The number of nitrogens with zero attached hydrogens (tertiary/aromatic N) is 4. The quantitative estimate of drug-likeness (QED) is 0.542. The molecule has 8 nitrogen and oxygen atoms in total. The highest BCUT2D eigenvalue weighted by Gasteiger charge is 2.33. The smallest absolute Gasteiger partial charge is 0.269 e. The van der Waals surface area contributed by atoms with Crippen molar-refractivity contribution >= 4 is 17.3 Å². The van der Waals surface area contributed by atoms with Crippen LogP contribution in [0.15, 0.2) is 59.7 Å². The number of carbonyl (C=O) groups is 1. The van der Waals surface area contributed by atoms with Crippen molar-refractivity contribution < 1.29 is 14.5 Å². The molecule has 8 heteroatoms. The molecular formula is C22H24N4O4. The van der Waals surface area contributed by atoms with E-state index < -0.39 is 4.92 Å². The highest BCUT2D eigenvalue weighted by atomic mass is 16.6. The summed E-state index contributed by atoms with van der Waals surface area (Å²) in [5.74, 6) is -0.0797. The Balaban J connectivity index is 1.56. The highest BCUT2D eigenvalue weighted by Crippen LogP contribution is 2.34. The average molecular weight is 408 g/mol. The van der Waals surface area contributed by atoms with Gasteiger partial charge in [0.25, 0.3) is 5.69 Å². The van der Waals surface area contributed by atoms with Crippen LogP contribution in [0.2, 0.25) is 0 Å². The summed E-state index contributed by atoms with van der Waals surface area (Å²) in [6.45, 7) is 3.66. The second-order valence-corrected chi connectivity index (χ2v) is 7.43. The maximum Gasteiger partial charge on any atom is 0.269 e. The van der Waals surface area contributed by atoms with Crippen LogP contribution in [-0.2, 0) is 9.53 Å². The number of carbonyl (C=O) groups excluding carboxylic acids is 1. The van der Waals surface area contributed by atoms with Gasteiger partial charge in [0.1, 0.15) is 0 Å². The minimum atomic E-state index is -0.415. The van der Waals surface area contributed by atoms with E-state index in [1.807, 2.05) is 36.4 Å². The van der Waals surface area contributed by atoms with E-state index in [0.717, 1.165) is 29.9 Å². The van der Waals surface area contributed by atoms with Crippen molar-refractivity contribution in [2.24, 2.45) is 5.10 Å². The molecule has 2 aliphatic heterocycles. The van der Waals surface area contributed by atoms with Crippen LogP contribution >= 0.6 is 0 Å². The molecule has 1 saturated heterocycles. The van der Waals surface area contributed by atoms with Crippen molar-refractivity contribution in [2.75, 3.05) is 32.8 Å². The fraction of sp³-hybridized carbons (Fsp3) is 0.364. The SMILES string of the molecule is O=C(CCN1CCOCC1)N1N=C(c2ccccc2)C[C@@H]1c1cccc([N+](=O)[O-])c1. The molecule has 0 aromatic heterocycles. The summed E-state index contributed by atoms with van der Waals surface area (Å²) < 4.78 is 5.36. The van der Waals surface area contributed by atoms with Gasteiger partial charge >= 0.3 is 0 Å². The Morgan fingerprint density at radius 2 is 1.90 bits per heavy atom. The molecule has 0 spiro atoms. The third-order valence-corrected chi connectivity index (χ3v) is 5.48. The first kappa shape index (κ1) is 20.2. The van der Waals surface area contributed by atoms with E-state index in [1.165, 1.54) is 17.1 Å². The molecule has 156 valence electrons. The van der Waals surface area contributed by atoms with Crippen LogP contribution in [0.4, 0.5) is 5.69 Å². The maximum absolute atomic E-state index is 13.1. The fourth-order valence-corrected chi connectivity index (χ4v) is 3.84. The summed E-state index contributed by atoms with van der Waals surface area (Å²) in [6, 6.07) is 15.9. The van der Waals surface area contributed by atoms with Crippen molar-refractivity contribution in [3.05, 3.63) is 75.8 Å². The van der Waals surface area contributed by atoms with Crippen LogP contribution in [0.3, 0.4) is 0 Å².